The van der Waals surface area contributed by atoms with E-state index in [0.29, 0.717) is 18.7 Å². The van der Waals surface area contributed by atoms with Crippen LogP contribution in [0.2, 0.25) is 0 Å². The molecule has 5 nitrogen and oxygen atoms in total. The largest absolute Gasteiger partial charge is 0.364 e. The van der Waals surface area contributed by atoms with Gasteiger partial charge in [-0.15, -0.1) is 0 Å². The fourth-order valence-corrected chi connectivity index (χ4v) is 2.59. The normalized spacial score (nSPS) is 17.8. The molecule has 0 N–H and O–H groups in total. The Bertz CT molecular complexity index is 725. The lowest BCUT2D eigenvalue weighted by Crippen LogP contribution is -2.03. The van der Waals surface area contributed by atoms with Gasteiger partial charge in [0.15, 0.2) is 0 Å². The molecule has 0 saturated carbocycles. The van der Waals surface area contributed by atoms with E-state index in [9.17, 15) is 0 Å². The molecule has 2 aromatic heterocycles. The Morgan fingerprint density at radius 2 is 2.44 bits per heavy atom. The number of fused-ring (bicyclic) bond motifs is 5. The van der Waals surface area contributed by atoms with Gasteiger partial charge in [0.05, 0.1) is 17.9 Å². The van der Waals surface area contributed by atoms with Crippen molar-refractivity contribution in [3.8, 4) is 11.4 Å². The van der Waals surface area contributed by atoms with E-state index in [4.69, 9.17) is 5.89 Å². The summed E-state index contributed by atoms with van der Waals surface area (Å²) in [7, 11) is 0. The molecule has 0 radical (unpaired) electrons. The first-order chi connectivity index (χ1) is 9.24. The Balaban J connectivity index is 2.05. The molecule has 0 spiro atoms. The predicted octanol–water partition coefficient (Wildman–Crippen LogP) is 1.63. The number of rotatable bonds is 0. The maximum Gasteiger partial charge on any atom is 0.136 e. The molecule has 0 aliphatic carbocycles. The Labute approximate surface area is 105 Å². The van der Waals surface area contributed by atoms with Gasteiger partial charge in [-0.3, -0.25) is 9.67 Å². The first-order valence-electron chi connectivity index (χ1n) is 6.45. The molecule has 0 fully saturated rings. The van der Waals surface area contributed by atoms with Crippen LogP contribution in [0.5, 0.6) is 0 Å². The molecular weight excluding hydrogens is 228 g/mol. The van der Waals surface area contributed by atoms with Gasteiger partial charge in [0.1, 0.15) is 13.3 Å². The van der Waals surface area contributed by atoms with Gasteiger partial charge in [0.25, 0.3) is 0 Å². The third-order valence-corrected chi connectivity index (χ3v) is 3.38. The molecule has 18 heavy (non-hydrogen) atoms. The van der Waals surface area contributed by atoms with Crippen molar-refractivity contribution in [2.75, 3.05) is 6.54 Å². The van der Waals surface area contributed by atoms with Crippen molar-refractivity contribution < 1.29 is 5.89 Å². The summed E-state index contributed by atoms with van der Waals surface area (Å²) in [6.07, 6.45) is 3.44. The van der Waals surface area contributed by atoms with Crippen molar-refractivity contribution >= 4 is 6.21 Å². The van der Waals surface area contributed by atoms with E-state index < -0.39 is 0 Å². The summed E-state index contributed by atoms with van der Waals surface area (Å²) in [6.45, 7) is 5.49. The molecule has 0 unspecified atom stereocenters. The van der Waals surface area contributed by atoms with Crippen LogP contribution >= 0.6 is 0 Å². The molecule has 2 aliphatic heterocycles. The third-order valence-electron chi connectivity index (χ3n) is 3.38. The lowest BCUT2D eigenvalue weighted by Gasteiger charge is -2.03. The van der Waals surface area contributed by atoms with Gasteiger partial charge in [-0.2, -0.15) is 5.10 Å². The van der Waals surface area contributed by atoms with Crippen molar-refractivity contribution in [2.24, 2.45) is 4.99 Å². The minimum atomic E-state index is 0.118. The third kappa shape index (κ3) is 1.24. The Hall–Kier alpha value is -2.17. The van der Waals surface area contributed by atoms with Crippen LogP contribution in [0.15, 0.2) is 27.9 Å². The molecule has 5 heteroatoms. The highest BCUT2D eigenvalue weighted by Crippen LogP contribution is 2.33. The monoisotopic (exact) mass is 241 g/mol. The van der Waals surface area contributed by atoms with E-state index in [0.717, 1.165) is 41.1 Å². The first kappa shape index (κ1) is 8.85. The van der Waals surface area contributed by atoms with Gasteiger partial charge in [0, 0.05) is 36.7 Å². The predicted molar refractivity (Wildman–Crippen MR) is 66.7 cm³/mol. The fraction of sp³-hybridized carbons (Fsp3) is 0.308. The topological polar surface area (TPSA) is 56.2 Å². The summed E-state index contributed by atoms with van der Waals surface area (Å²) in [6, 6.07) is 0. The molecule has 4 heterocycles. The van der Waals surface area contributed by atoms with Crippen molar-refractivity contribution in [2.45, 2.75) is 19.4 Å². The van der Waals surface area contributed by atoms with Crippen LogP contribution in [0.1, 0.15) is 18.2 Å². The van der Waals surface area contributed by atoms with Crippen LogP contribution < -0.4 is 0 Å². The molecule has 2 aromatic rings. The van der Waals surface area contributed by atoms with Gasteiger partial charge in [-0.1, -0.05) is 17.3 Å². The summed E-state index contributed by atoms with van der Waals surface area (Å²) in [5.74, 6) is 0. The van der Waals surface area contributed by atoms with E-state index in [2.05, 4.69) is 21.8 Å². The number of nitrogens with zero attached hydrogens (tertiary/aromatic N) is 4. The van der Waals surface area contributed by atoms with Gasteiger partial charge < -0.3 is 4.52 Å². The standard InChI is InChI=1S/C13H12N4O/c1-8-4-9-7-18-16-12(9)13-10-5-14-3-2-11(10)15-17(13)6-8/h5,7H,1-4,6H2/i7D. The van der Waals surface area contributed by atoms with Gasteiger partial charge in [0.2, 0.25) is 0 Å². The zero-order valence-corrected chi connectivity index (χ0v) is 9.81. The summed E-state index contributed by atoms with van der Waals surface area (Å²) in [5.41, 5.74) is 5.48. The van der Waals surface area contributed by atoms with Gasteiger partial charge in [-0.05, 0) is 0 Å². The highest BCUT2D eigenvalue weighted by Gasteiger charge is 2.27. The molecule has 0 aromatic carbocycles. The molecule has 90 valence electrons. The first-order valence-corrected chi connectivity index (χ1v) is 5.95. The quantitative estimate of drug-likeness (QED) is 0.659. The van der Waals surface area contributed by atoms with Crippen LogP contribution in [0.25, 0.3) is 11.4 Å². The summed E-state index contributed by atoms with van der Waals surface area (Å²) < 4.78 is 14.8. The second kappa shape index (κ2) is 3.41. The second-order valence-corrected chi connectivity index (χ2v) is 4.69. The maximum atomic E-state index is 7.82. The van der Waals surface area contributed by atoms with Crippen molar-refractivity contribution in [3.05, 3.63) is 35.2 Å². The zero-order chi connectivity index (χ0) is 13.0. The highest BCUT2D eigenvalue weighted by atomic mass is 16.5. The van der Waals surface area contributed by atoms with Gasteiger partial charge >= 0.3 is 0 Å². The average Bonchev–Trinajstić information content (AvgIpc) is 2.87. The van der Waals surface area contributed by atoms with E-state index in [1.54, 1.807) is 0 Å². The second-order valence-electron chi connectivity index (χ2n) is 4.69. The highest BCUT2D eigenvalue weighted by molar-refractivity contribution is 5.91. The molecule has 0 atom stereocenters. The van der Waals surface area contributed by atoms with Crippen LogP contribution in [0.3, 0.4) is 0 Å². The summed E-state index contributed by atoms with van der Waals surface area (Å²) >= 11 is 0. The lowest BCUT2D eigenvalue weighted by molar-refractivity contribution is 0.420. The van der Waals surface area contributed by atoms with Crippen LogP contribution in [0, 0.1) is 0 Å². The van der Waals surface area contributed by atoms with Crippen LogP contribution in [-0.4, -0.2) is 27.7 Å². The SMILES string of the molecule is [2H]c1onc2c1CC(=C)Cn1nc3c(c1-2)C=NCC3. The van der Waals surface area contributed by atoms with Gasteiger partial charge in [-0.25, -0.2) is 0 Å². The number of hydrogen-bond acceptors (Lipinski definition) is 4. The number of aliphatic imine (C=N–C) groups is 1. The van der Waals surface area contributed by atoms with E-state index in [1.165, 1.54) is 0 Å². The smallest absolute Gasteiger partial charge is 0.136 e. The van der Waals surface area contributed by atoms with E-state index >= 15 is 0 Å². The van der Waals surface area contributed by atoms with Crippen molar-refractivity contribution in [1.82, 2.24) is 14.9 Å². The minimum Gasteiger partial charge on any atom is -0.364 e. The summed E-state index contributed by atoms with van der Waals surface area (Å²) in [4.78, 5) is 4.32. The van der Waals surface area contributed by atoms with Crippen molar-refractivity contribution in [3.63, 3.8) is 0 Å². The zero-order valence-electron chi connectivity index (χ0n) is 10.8. The number of hydrogen-bond donors (Lipinski definition) is 0. The molecule has 2 aliphatic rings. The fourth-order valence-electron chi connectivity index (χ4n) is 2.59. The molecule has 0 saturated heterocycles. The molecule has 0 bridgehead atoms. The molecule has 4 rings (SSSR count). The molecule has 0 amide bonds. The summed E-state index contributed by atoms with van der Waals surface area (Å²) in [5, 5.41) is 8.68. The van der Waals surface area contributed by atoms with Crippen LogP contribution in [0.4, 0.5) is 0 Å². The lowest BCUT2D eigenvalue weighted by atomic mass is 10.0. The average molecular weight is 241 g/mol. The maximum absolute atomic E-state index is 7.82. The van der Waals surface area contributed by atoms with E-state index in [-0.39, 0.29) is 6.24 Å². The minimum absolute atomic E-state index is 0.118. The Morgan fingerprint density at radius 1 is 1.50 bits per heavy atom. The van der Waals surface area contributed by atoms with Crippen molar-refractivity contribution in [1.29, 1.82) is 0 Å². The Kier molecular flexibility index (Phi) is 1.68. The van der Waals surface area contributed by atoms with E-state index in [1.807, 2.05) is 10.9 Å². The molecular formula is C13H12N4O. The number of aromatic nitrogens is 3. The van der Waals surface area contributed by atoms with Crippen LogP contribution in [-0.2, 0) is 19.4 Å². The number of allylic oxidation sites excluding steroid dienone is 1. The Morgan fingerprint density at radius 3 is 3.39 bits per heavy atom.